The van der Waals surface area contributed by atoms with Crippen molar-refractivity contribution in [2.24, 2.45) is 4.99 Å². The fourth-order valence-electron chi connectivity index (χ4n) is 1.80. The first-order valence-corrected chi connectivity index (χ1v) is 7.69. The number of guanidine groups is 1. The Bertz CT molecular complexity index is 472. The zero-order valence-electron chi connectivity index (χ0n) is 13.5. The van der Waals surface area contributed by atoms with Crippen LogP contribution in [0.4, 0.5) is 13.2 Å². The van der Waals surface area contributed by atoms with Crippen molar-refractivity contribution in [1.29, 1.82) is 0 Å². The third kappa shape index (κ3) is 9.07. The lowest BCUT2D eigenvalue weighted by Crippen LogP contribution is -2.38. The number of nitrogens with one attached hydrogen (secondary N) is 2. The zero-order valence-corrected chi connectivity index (χ0v) is 13.5. The molecule has 0 aliphatic heterocycles. The van der Waals surface area contributed by atoms with Gasteiger partial charge in [-0.3, -0.25) is 0 Å². The number of ether oxygens (including phenoxy) is 1. The van der Waals surface area contributed by atoms with E-state index < -0.39 is 12.6 Å². The van der Waals surface area contributed by atoms with Gasteiger partial charge in [-0.05, 0) is 25.0 Å². The van der Waals surface area contributed by atoms with E-state index in [1.165, 1.54) is 0 Å². The van der Waals surface area contributed by atoms with Crippen molar-refractivity contribution in [3.05, 3.63) is 35.4 Å². The van der Waals surface area contributed by atoms with Crippen LogP contribution in [-0.4, -0.2) is 31.8 Å². The van der Waals surface area contributed by atoms with Crippen LogP contribution in [0.15, 0.2) is 29.3 Å². The van der Waals surface area contributed by atoms with E-state index in [4.69, 9.17) is 4.74 Å². The number of alkyl halides is 3. The molecule has 0 saturated heterocycles. The number of nitrogens with zero attached hydrogens (tertiary/aromatic N) is 1. The van der Waals surface area contributed by atoms with Gasteiger partial charge in [0.1, 0.15) is 0 Å². The fourth-order valence-corrected chi connectivity index (χ4v) is 1.80. The van der Waals surface area contributed by atoms with Crippen molar-refractivity contribution in [3.8, 4) is 0 Å². The van der Waals surface area contributed by atoms with E-state index in [2.05, 4.69) is 15.6 Å². The second-order valence-electron chi connectivity index (χ2n) is 4.94. The lowest BCUT2D eigenvalue weighted by atomic mass is 10.1. The molecule has 0 aliphatic rings. The molecule has 0 aliphatic carbocycles. The Kier molecular flexibility index (Phi) is 8.47. The molecule has 4 nitrogen and oxygen atoms in total. The molecule has 0 spiro atoms. The Morgan fingerprint density at radius 3 is 2.30 bits per heavy atom. The third-order valence-corrected chi connectivity index (χ3v) is 2.96. The quantitative estimate of drug-likeness (QED) is 0.568. The highest BCUT2D eigenvalue weighted by Crippen LogP contribution is 2.18. The molecule has 0 atom stereocenters. The van der Waals surface area contributed by atoms with E-state index in [0.717, 1.165) is 11.1 Å². The van der Waals surface area contributed by atoms with Crippen molar-refractivity contribution in [3.63, 3.8) is 0 Å². The van der Waals surface area contributed by atoms with E-state index in [1.807, 2.05) is 38.1 Å². The summed E-state index contributed by atoms with van der Waals surface area (Å²) in [6.45, 7) is 5.84. The minimum absolute atomic E-state index is 0.192. The maximum atomic E-state index is 12.2. The van der Waals surface area contributed by atoms with Gasteiger partial charge in [0.25, 0.3) is 0 Å². The number of rotatable bonds is 8. The number of hydrogen-bond acceptors (Lipinski definition) is 2. The smallest absolute Gasteiger partial charge is 0.377 e. The van der Waals surface area contributed by atoms with Crippen molar-refractivity contribution < 1.29 is 17.9 Å². The van der Waals surface area contributed by atoms with Gasteiger partial charge >= 0.3 is 6.18 Å². The SMILES string of the molecule is CCNC(=NCc1ccc(COCC)cc1)NCCC(F)(F)F. The lowest BCUT2D eigenvalue weighted by molar-refractivity contribution is -0.132. The van der Waals surface area contributed by atoms with Gasteiger partial charge in [0.15, 0.2) is 5.96 Å². The average Bonchev–Trinajstić information content (AvgIpc) is 2.50. The van der Waals surface area contributed by atoms with Crippen LogP contribution in [0, 0.1) is 0 Å². The number of halogens is 3. The predicted molar refractivity (Wildman–Crippen MR) is 85.3 cm³/mol. The predicted octanol–water partition coefficient (Wildman–Crippen LogP) is 3.23. The highest BCUT2D eigenvalue weighted by molar-refractivity contribution is 5.79. The highest BCUT2D eigenvalue weighted by atomic mass is 19.4. The van der Waals surface area contributed by atoms with E-state index >= 15 is 0 Å². The molecule has 7 heteroatoms. The van der Waals surface area contributed by atoms with Gasteiger partial charge in [-0.1, -0.05) is 24.3 Å². The first-order chi connectivity index (χ1) is 10.9. The molecule has 1 rings (SSSR count). The van der Waals surface area contributed by atoms with Crippen LogP contribution >= 0.6 is 0 Å². The Morgan fingerprint density at radius 1 is 1.09 bits per heavy atom. The number of aliphatic imine (C=N–C) groups is 1. The van der Waals surface area contributed by atoms with E-state index in [0.29, 0.717) is 32.3 Å². The number of hydrogen-bond donors (Lipinski definition) is 2. The molecule has 0 saturated carbocycles. The normalized spacial score (nSPS) is 12.3. The molecule has 0 heterocycles. The van der Waals surface area contributed by atoms with Crippen LogP contribution in [0.2, 0.25) is 0 Å². The highest BCUT2D eigenvalue weighted by Gasteiger charge is 2.26. The van der Waals surface area contributed by atoms with Gasteiger partial charge in [0.2, 0.25) is 0 Å². The maximum absolute atomic E-state index is 12.2. The van der Waals surface area contributed by atoms with Gasteiger partial charge < -0.3 is 15.4 Å². The van der Waals surface area contributed by atoms with Gasteiger partial charge in [-0.25, -0.2) is 4.99 Å². The van der Waals surface area contributed by atoms with Crippen LogP contribution in [0.1, 0.15) is 31.4 Å². The van der Waals surface area contributed by atoms with E-state index in [1.54, 1.807) is 0 Å². The molecular formula is C16H24F3N3O. The van der Waals surface area contributed by atoms with Crippen LogP contribution < -0.4 is 10.6 Å². The first-order valence-electron chi connectivity index (χ1n) is 7.69. The summed E-state index contributed by atoms with van der Waals surface area (Å²) >= 11 is 0. The molecule has 23 heavy (non-hydrogen) atoms. The van der Waals surface area contributed by atoms with Crippen LogP contribution in [0.5, 0.6) is 0 Å². The molecule has 0 radical (unpaired) electrons. The summed E-state index contributed by atoms with van der Waals surface area (Å²) < 4.78 is 41.8. The molecule has 2 N–H and O–H groups in total. The average molecular weight is 331 g/mol. The van der Waals surface area contributed by atoms with Crippen molar-refractivity contribution in [2.75, 3.05) is 19.7 Å². The summed E-state index contributed by atoms with van der Waals surface area (Å²) in [7, 11) is 0. The molecule has 0 fully saturated rings. The first kappa shape index (κ1) is 19.3. The van der Waals surface area contributed by atoms with Gasteiger partial charge in [0, 0.05) is 19.7 Å². The fraction of sp³-hybridized carbons (Fsp3) is 0.562. The Hall–Kier alpha value is -1.76. The molecule has 0 bridgehead atoms. The monoisotopic (exact) mass is 331 g/mol. The third-order valence-electron chi connectivity index (χ3n) is 2.96. The van der Waals surface area contributed by atoms with Crippen LogP contribution in [0.3, 0.4) is 0 Å². The minimum Gasteiger partial charge on any atom is -0.377 e. The van der Waals surface area contributed by atoms with Gasteiger partial charge in [-0.2, -0.15) is 13.2 Å². The molecule has 130 valence electrons. The zero-order chi connectivity index (χ0) is 17.1. The summed E-state index contributed by atoms with van der Waals surface area (Å²) in [5, 5.41) is 5.62. The summed E-state index contributed by atoms with van der Waals surface area (Å²) in [6.07, 6.45) is -5.05. The standard InChI is InChI=1S/C16H24F3N3O/c1-3-20-15(21-10-9-16(17,18)19)22-11-13-5-7-14(8-6-13)12-23-4-2/h5-8H,3-4,9-12H2,1-2H3,(H2,20,21,22). The number of benzene rings is 1. The maximum Gasteiger partial charge on any atom is 0.390 e. The van der Waals surface area contributed by atoms with E-state index in [9.17, 15) is 13.2 Å². The second-order valence-corrected chi connectivity index (χ2v) is 4.94. The topological polar surface area (TPSA) is 45.7 Å². The summed E-state index contributed by atoms with van der Waals surface area (Å²) in [6, 6.07) is 7.81. The van der Waals surface area contributed by atoms with E-state index in [-0.39, 0.29) is 6.54 Å². The minimum atomic E-state index is -4.17. The second kappa shape index (κ2) is 10.1. The lowest BCUT2D eigenvalue weighted by Gasteiger charge is -2.12. The molecule has 0 aromatic heterocycles. The summed E-state index contributed by atoms with van der Waals surface area (Å²) in [5.41, 5.74) is 2.06. The van der Waals surface area contributed by atoms with Crippen molar-refractivity contribution in [1.82, 2.24) is 10.6 Å². The summed E-state index contributed by atoms with van der Waals surface area (Å²) in [5.74, 6) is 0.384. The van der Waals surface area contributed by atoms with Gasteiger partial charge in [0.05, 0.1) is 19.6 Å². The summed E-state index contributed by atoms with van der Waals surface area (Å²) in [4.78, 5) is 4.29. The Balaban J connectivity index is 2.52. The largest absolute Gasteiger partial charge is 0.390 e. The molecule has 1 aromatic carbocycles. The van der Waals surface area contributed by atoms with Crippen LogP contribution in [0.25, 0.3) is 0 Å². The Morgan fingerprint density at radius 2 is 1.74 bits per heavy atom. The molecular weight excluding hydrogens is 307 g/mol. The van der Waals surface area contributed by atoms with Crippen LogP contribution in [-0.2, 0) is 17.9 Å². The molecule has 0 unspecified atom stereocenters. The molecule has 0 amide bonds. The molecule has 1 aromatic rings. The Labute approximate surface area is 135 Å². The van der Waals surface area contributed by atoms with Crippen molar-refractivity contribution in [2.45, 2.75) is 39.6 Å². The van der Waals surface area contributed by atoms with Gasteiger partial charge in [-0.15, -0.1) is 0 Å². The van der Waals surface area contributed by atoms with Crippen molar-refractivity contribution >= 4 is 5.96 Å².